The lowest BCUT2D eigenvalue weighted by molar-refractivity contribution is 0.317. The van der Waals surface area contributed by atoms with Crippen LogP contribution >= 0.6 is 23.4 Å². The molecule has 0 aliphatic heterocycles. The summed E-state index contributed by atoms with van der Waals surface area (Å²) in [6, 6.07) is 10.5. The minimum absolute atomic E-state index is 0.282. The molecular weight excluding hydrogens is 288 g/mol. The van der Waals surface area contributed by atoms with Gasteiger partial charge in [0.2, 0.25) is 0 Å². The molecule has 2 nitrogen and oxygen atoms in total. The van der Waals surface area contributed by atoms with Gasteiger partial charge >= 0.3 is 0 Å². The molecule has 108 valence electrons. The minimum atomic E-state index is -0.282. The quantitative estimate of drug-likeness (QED) is 0.786. The summed E-state index contributed by atoms with van der Waals surface area (Å²) in [7, 11) is 0. The summed E-state index contributed by atoms with van der Waals surface area (Å²) in [4.78, 5) is 1.25. The molecular formula is C16H21ClN2S. The number of benzene rings is 1. The number of nitriles is 1. The zero-order chi connectivity index (χ0) is 14.4. The third-order valence-electron chi connectivity index (χ3n) is 4.06. The van der Waals surface area contributed by atoms with Crippen LogP contribution < -0.4 is 5.32 Å². The molecule has 1 fully saturated rings. The SMILES string of the molecule is CCNC1(C#N)CCCC1CCSc1ccc(Cl)cc1. The van der Waals surface area contributed by atoms with Crippen molar-refractivity contribution in [1.82, 2.24) is 5.32 Å². The highest BCUT2D eigenvalue weighted by Gasteiger charge is 2.41. The number of nitrogens with one attached hydrogen (secondary N) is 1. The number of hydrogen-bond acceptors (Lipinski definition) is 3. The summed E-state index contributed by atoms with van der Waals surface area (Å²) in [6.45, 7) is 2.95. The van der Waals surface area contributed by atoms with Gasteiger partial charge in [-0.15, -0.1) is 11.8 Å². The van der Waals surface area contributed by atoms with E-state index in [1.165, 1.54) is 11.3 Å². The van der Waals surface area contributed by atoms with Gasteiger partial charge in [-0.25, -0.2) is 0 Å². The van der Waals surface area contributed by atoms with Gasteiger partial charge in [0, 0.05) is 9.92 Å². The number of nitrogens with zero attached hydrogens (tertiary/aromatic N) is 1. The van der Waals surface area contributed by atoms with Gasteiger partial charge in [0.15, 0.2) is 0 Å². The molecule has 0 amide bonds. The van der Waals surface area contributed by atoms with E-state index in [-0.39, 0.29) is 5.54 Å². The monoisotopic (exact) mass is 308 g/mol. The van der Waals surface area contributed by atoms with E-state index in [4.69, 9.17) is 11.6 Å². The van der Waals surface area contributed by atoms with E-state index in [1.807, 2.05) is 23.9 Å². The molecule has 0 radical (unpaired) electrons. The fraction of sp³-hybridized carbons (Fsp3) is 0.562. The second-order valence-electron chi connectivity index (χ2n) is 5.29. The molecule has 20 heavy (non-hydrogen) atoms. The first kappa shape index (κ1) is 15.7. The van der Waals surface area contributed by atoms with Gasteiger partial charge < -0.3 is 0 Å². The van der Waals surface area contributed by atoms with Crippen LogP contribution in [0.25, 0.3) is 0 Å². The van der Waals surface area contributed by atoms with Crippen molar-refractivity contribution in [3.8, 4) is 6.07 Å². The Balaban J connectivity index is 1.87. The maximum Gasteiger partial charge on any atom is 0.109 e. The van der Waals surface area contributed by atoms with Crippen molar-refractivity contribution in [1.29, 1.82) is 5.26 Å². The molecule has 1 aliphatic rings. The first-order chi connectivity index (χ1) is 9.70. The summed E-state index contributed by atoms with van der Waals surface area (Å²) in [5, 5.41) is 13.7. The second-order valence-corrected chi connectivity index (χ2v) is 6.90. The molecule has 0 heterocycles. The average molecular weight is 309 g/mol. The Hall–Kier alpha value is -0.690. The van der Waals surface area contributed by atoms with E-state index in [2.05, 4.69) is 30.4 Å². The van der Waals surface area contributed by atoms with Gasteiger partial charge in [-0.3, -0.25) is 5.32 Å². The summed E-state index contributed by atoms with van der Waals surface area (Å²) in [5.74, 6) is 1.54. The van der Waals surface area contributed by atoms with E-state index < -0.39 is 0 Å². The minimum Gasteiger partial charge on any atom is -0.299 e. The Morgan fingerprint density at radius 3 is 2.85 bits per heavy atom. The fourth-order valence-corrected chi connectivity index (χ4v) is 4.15. The fourth-order valence-electron chi connectivity index (χ4n) is 3.05. The maximum atomic E-state index is 9.53. The van der Waals surface area contributed by atoms with Crippen molar-refractivity contribution >= 4 is 23.4 Å². The highest BCUT2D eigenvalue weighted by molar-refractivity contribution is 7.99. The van der Waals surface area contributed by atoms with Crippen LogP contribution in [0.15, 0.2) is 29.2 Å². The standard InChI is InChI=1S/C16H21ClN2S/c1-2-19-16(12-18)10-3-4-13(16)9-11-20-15-7-5-14(17)6-8-15/h5-8,13,19H,2-4,9-11H2,1H3. The molecule has 0 aromatic heterocycles. The van der Waals surface area contributed by atoms with Crippen LogP contribution in [0.2, 0.25) is 5.02 Å². The van der Waals surface area contributed by atoms with Crippen LogP contribution in [0.5, 0.6) is 0 Å². The molecule has 0 saturated heterocycles. The lowest BCUT2D eigenvalue weighted by Gasteiger charge is -2.29. The van der Waals surface area contributed by atoms with Crippen molar-refractivity contribution < 1.29 is 0 Å². The highest BCUT2D eigenvalue weighted by atomic mass is 35.5. The Kier molecular flexibility index (Phi) is 5.77. The van der Waals surface area contributed by atoms with Gasteiger partial charge in [0.25, 0.3) is 0 Å². The van der Waals surface area contributed by atoms with Gasteiger partial charge in [-0.2, -0.15) is 5.26 Å². The zero-order valence-electron chi connectivity index (χ0n) is 11.9. The number of hydrogen-bond donors (Lipinski definition) is 1. The molecule has 2 unspecified atom stereocenters. The highest BCUT2D eigenvalue weighted by Crippen LogP contribution is 2.38. The van der Waals surface area contributed by atoms with Crippen molar-refractivity contribution in [3.63, 3.8) is 0 Å². The Labute approximate surface area is 130 Å². The maximum absolute atomic E-state index is 9.53. The molecule has 0 spiro atoms. The third kappa shape index (κ3) is 3.69. The van der Waals surface area contributed by atoms with E-state index in [0.717, 1.165) is 36.6 Å². The molecule has 1 aromatic carbocycles. The zero-order valence-corrected chi connectivity index (χ0v) is 13.4. The summed E-state index contributed by atoms with van der Waals surface area (Å²) >= 11 is 7.74. The van der Waals surface area contributed by atoms with Gasteiger partial charge in [0.1, 0.15) is 5.54 Å². The largest absolute Gasteiger partial charge is 0.299 e. The van der Waals surface area contributed by atoms with Crippen LogP contribution in [0.3, 0.4) is 0 Å². The van der Waals surface area contributed by atoms with E-state index in [1.54, 1.807) is 0 Å². The molecule has 2 rings (SSSR count). The number of halogens is 1. The lowest BCUT2D eigenvalue weighted by Crippen LogP contribution is -2.47. The van der Waals surface area contributed by atoms with Crippen LogP contribution in [-0.4, -0.2) is 17.8 Å². The average Bonchev–Trinajstić information content (AvgIpc) is 2.85. The van der Waals surface area contributed by atoms with E-state index in [0.29, 0.717) is 5.92 Å². The predicted octanol–water partition coefficient (Wildman–Crippen LogP) is 4.49. The second kappa shape index (κ2) is 7.36. The van der Waals surface area contributed by atoms with Gasteiger partial charge in [0.05, 0.1) is 6.07 Å². The Bertz CT molecular complexity index is 468. The predicted molar refractivity (Wildman–Crippen MR) is 86.2 cm³/mol. The van der Waals surface area contributed by atoms with E-state index >= 15 is 0 Å². The molecule has 1 aliphatic carbocycles. The topological polar surface area (TPSA) is 35.8 Å². The Morgan fingerprint density at radius 1 is 1.45 bits per heavy atom. The van der Waals surface area contributed by atoms with Gasteiger partial charge in [-0.1, -0.05) is 24.9 Å². The molecule has 1 saturated carbocycles. The van der Waals surface area contributed by atoms with E-state index in [9.17, 15) is 5.26 Å². The van der Waals surface area contributed by atoms with Gasteiger partial charge in [-0.05, 0) is 61.7 Å². The third-order valence-corrected chi connectivity index (χ3v) is 5.36. The summed E-state index contributed by atoms with van der Waals surface area (Å²) in [5.41, 5.74) is -0.282. The lowest BCUT2D eigenvalue weighted by atomic mass is 9.86. The smallest absolute Gasteiger partial charge is 0.109 e. The molecule has 2 atom stereocenters. The first-order valence-electron chi connectivity index (χ1n) is 7.25. The van der Waals surface area contributed by atoms with Crippen LogP contribution in [0, 0.1) is 17.2 Å². The number of rotatable bonds is 6. The van der Waals surface area contributed by atoms with Crippen LogP contribution in [0.1, 0.15) is 32.6 Å². The first-order valence-corrected chi connectivity index (χ1v) is 8.61. The summed E-state index contributed by atoms with van der Waals surface area (Å²) < 4.78 is 0. The number of thioether (sulfide) groups is 1. The van der Waals surface area contributed by atoms with Crippen molar-refractivity contribution in [3.05, 3.63) is 29.3 Å². The Morgan fingerprint density at radius 2 is 2.20 bits per heavy atom. The van der Waals surface area contributed by atoms with Crippen molar-refractivity contribution in [2.75, 3.05) is 12.3 Å². The molecule has 1 N–H and O–H groups in total. The van der Waals surface area contributed by atoms with Crippen molar-refractivity contribution in [2.24, 2.45) is 5.92 Å². The van der Waals surface area contributed by atoms with Crippen LogP contribution in [0.4, 0.5) is 0 Å². The molecule has 0 bridgehead atoms. The normalized spacial score (nSPS) is 25.6. The molecule has 1 aromatic rings. The molecule has 4 heteroatoms. The van der Waals surface area contributed by atoms with Crippen molar-refractivity contribution in [2.45, 2.75) is 43.0 Å². The summed E-state index contributed by atoms with van der Waals surface area (Å²) in [6.07, 6.45) is 4.42. The van der Waals surface area contributed by atoms with Crippen LogP contribution in [-0.2, 0) is 0 Å².